The van der Waals surface area contributed by atoms with Crippen molar-refractivity contribution in [1.29, 1.82) is 10.5 Å². The summed E-state index contributed by atoms with van der Waals surface area (Å²) < 4.78 is 76.0. The number of aliphatic hydroxyl groups excluding tert-OH is 3. The van der Waals surface area contributed by atoms with Crippen LogP contribution in [0.15, 0.2) is 173 Å². The number of sulfone groups is 1. The van der Waals surface area contributed by atoms with E-state index in [9.17, 15) is 53.4 Å². The first-order chi connectivity index (χ1) is 66.4. The van der Waals surface area contributed by atoms with Crippen LogP contribution in [-0.2, 0) is 81.1 Å². The second-order valence-corrected chi connectivity index (χ2v) is 40.5. The van der Waals surface area contributed by atoms with Gasteiger partial charge >= 0.3 is 0 Å². The number of rotatable bonds is 26. The maximum Gasteiger partial charge on any atom is 0.258 e. The average Bonchev–Trinajstić information content (AvgIpc) is 1.59. The first-order valence-electron chi connectivity index (χ1n) is 46.6. The van der Waals surface area contributed by atoms with Gasteiger partial charge in [-0.3, -0.25) is 19.2 Å². The zero-order chi connectivity index (χ0) is 97.3. The monoisotopic (exact) mass is 1950 g/mol. The second kappa shape index (κ2) is 40.0. The Morgan fingerprint density at radius 1 is 0.406 bits per heavy atom. The molecule has 0 radical (unpaired) electrons. The molecular weight excluding hydrogens is 1850 g/mol. The molecule has 0 bridgehead atoms. The van der Waals surface area contributed by atoms with E-state index in [-0.39, 0.29) is 106 Å². The van der Waals surface area contributed by atoms with Crippen LogP contribution >= 0.6 is 15.9 Å². The topological polar surface area (TPSA) is 425 Å². The number of carbonyl (C=O) groups excluding carboxylic acids is 4. The van der Waals surface area contributed by atoms with Gasteiger partial charge in [-0.15, -0.1) is 0 Å². The summed E-state index contributed by atoms with van der Waals surface area (Å²) in [7, 11) is -1.90. The number of β-amino-alcohol motifs (C(OH)–C–C–N with tert-alkyl or cyclic N) is 3. The maximum atomic E-state index is 12.7. The zero-order valence-corrected chi connectivity index (χ0v) is 81.1. The van der Waals surface area contributed by atoms with E-state index < -0.39 is 9.84 Å². The summed E-state index contributed by atoms with van der Waals surface area (Å²) in [6, 6.07) is 49.7. The summed E-state index contributed by atoms with van der Waals surface area (Å²) in [5.41, 5.74) is 15.5. The Kier molecular flexibility index (Phi) is 27.9. The van der Waals surface area contributed by atoms with Crippen LogP contribution in [0.3, 0.4) is 0 Å². The van der Waals surface area contributed by atoms with Gasteiger partial charge in [-0.1, -0.05) is 93.4 Å². The number of methoxy groups -OCH3 is 1. The van der Waals surface area contributed by atoms with Gasteiger partial charge in [-0.2, -0.15) is 30.5 Å². The molecule has 4 aromatic heterocycles. The molecule has 4 atom stereocenters. The molecule has 4 aliphatic carbocycles. The highest BCUT2D eigenvalue weighted by Crippen LogP contribution is 2.54. The molecule has 8 aromatic carbocycles. The number of halogens is 1. The first-order valence-corrected chi connectivity index (χ1v) is 49.3. The molecule has 12 aromatic rings. The number of aromatic nitrogens is 8. The van der Waals surface area contributed by atoms with Gasteiger partial charge in [0.05, 0.1) is 66.4 Å². The minimum atomic E-state index is -3.55. The summed E-state index contributed by atoms with van der Waals surface area (Å²) >= 11 is 3.56. The molecule has 138 heavy (non-hydrogen) atoms. The number of nitrogens with zero attached hydrogens (tertiary/aromatic N) is 14. The highest BCUT2D eigenvalue weighted by molar-refractivity contribution is 9.10. The fraction of sp³-hybridized carbons (Fsp3) is 0.404. The quantitative estimate of drug-likeness (QED) is 0.0453. The minimum absolute atomic E-state index is 0.0129. The lowest BCUT2D eigenvalue weighted by molar-refractivity contribution is -0.129. The maximum absolute atomic E-state index is 12.7. The smallest absolute Gasteiger partial charge is 0.258 e. The first kappa shape index (κ1) is 96.3. The van der Waals surface area contributed by atoms with E-state index in [2.05, 4.69) is 92.9 Å². The van der Waals surface area contributed by atoms with Crippen molar-refractivity contribution in [3.63, 3.8) is 0 Å². The molecule has 20 rings (SSSR count). The van der Waals surface area contributed by atoms with Crippen molar-refractivity contribution in [2.45, 2.75) is 183 Å². The molecule has 4 saturated heterocycles. The average molecular weight is 1960 g/mol. The predicted molar refractivity (Wildman–Crippen MR) is 512 cm³/mol. The molecule has 0 saturated carbocycles. The zero-order valence-electron chi connectivity index (χ0n) is 78.6. The van der Waals surface area contributed by atoms with Crippen LogP contribution in [0, 0.1) is 22.7 Å². The van der Waals surface area contributed by atoms with Crippen molar-refractivity contribution in [2.24, 2.45) is 0 Å². The van der Waals surface area contributed by atoms with E-state index in [1.807, 2.05) is 133 Å². The van der Waals surface area contributed by atoms with Crippen molar-refractivity contribution < 1.29 is 84.7 Å². The van der Waals surface area contributed by atoms with Gasteiger partial charge in [0.2, 0.25) is 46.9 Å². The number of carbonyl (C=O) groups is 4. The molecular formula is C104H109BrN14O18S. The van der Waals surface area contributed by atoms with Crippen LogP contribution in [0.4, 0.5) is 0 Å². The third-order valence-corrected chi connectivity index (χ3v) is 28.7. The predicted octanol–water partition coefficient (Wildman–Crippen LogP) is 15.0. The fourth-order valence-electron chi connectivity index (χ4n) is 20.9. The molecule has 4 aliphatic heterocycles. The van der Waals surface area contributed by atoms with Gasteiger partial charge in [-0.25, -0.2) is 8.42 Å². The number of ether oxygens (including phenoxy) is 5. The Balaban J connectivity index is 0.000000127. The van der Waals surface area contributed by atoms with E-state index in [1.165, 1.54) is 28.3 Å². The van der Waals surface area contributed by atoms with Crippen molar-refractivity contribution in [3.05, 3.63) is 206 Å². The lowest BCUT2D eigenvalue weighted by Crippen LogP contribution is -2.32. The molecule has 4 unspecified atom stereocenters. The number of aliphatic hydroxyl groups is 3. The number of amides is 4. The SMILES string of the molecule is CC(C)Oc1ccc(-c2nc(-c3cccc4c3CCC43CC(=O)N(CCO)C3)no2)cc1Br.CC(C)Oc1ccc(-c2nc(-c3cccc4c3CCC43CC(=O)N(CCO)C3)no2)cc1C#N.CC(C)Oc1ccc(-c2nc(-c3cccc4c3CCC43CC(=O)N(CCO)C3)no2)cc1S(C)(=O)=O.COCCN1CC2(CCc3c(-c4noc(-c5ccc(OC(C)C)c(C#N)c5)n4)cccc32)CC1=O. The van der Waals surface area contributed by atoms with Gasteiger partial charge in [0, 0.05) is 158 Å². The van der Waals surface area contributed by atoms with Gasteiger partial charge in [0.1, 0.15) is 40.0 Å². The molecule has 4 amide bonds. The van der Waals surface area contributed by atoms with Crippen molar-refractivity contribution >= 4 is 49.4 Å². The molecule has 34 heteroatoms. The molecule has 8 heterocycles. The Morgan fingerprint density at radius 2 is 0.688 bits per heavy atom. The molecule has 8 aliphatic rings. The van der Waals surface area contributed by atoms with Crippen LogP contribution in [0.2, 0.25) is 0 Å². The van der Waals surface area contributed by atoms with E-state index in [0.717, 1.165) is 118 Å². The summed E-state index contributed by atoms with van der Waals surface area (Å²) in [4.78, 5) is 76.1. The highest BCUT2D eigenvalue weighted by Gasteiger charge is 2.53. The van der Waals surface area contributed by atoms with Gasteiger partial charge in [0.25, 0.3) is 23.6 Å². The van der Waals surface area contributed by atoms with Crippen LogP contribution in [-0.4, -0.2) is 224 Å². The van der Waals surface area contributed by atoms with Gasteiger partial charge in [-0.05, 0) is 240 Å². The van der Waals surface area contributed by atoms with E-state index in [1.54, 1.807) is 64.3 Å². The summed E-state index contributed by atoms with van der Waals surface area (Å²) in [5, 5.41) is 63.9. The number of nitriles is 2. The van der Waals surface area contributed by atoms with Crippen LogP contribution in [0.25, 0.3) is 91.4 Å². The van der Waals surface area contributed by atoms with Crippen LogP contribution in [0.1, 0.15) is 162 Å². The number of likely N-dealkylation sites (tertiary alicyclic amines) is 4. The molecule has 32 nitrogen and oxygen atoms in total. The standard InChI is InChI=1S/C27H28N4O4.C26H26N4O4.C26H29N3O6S.C25H26BrN3O4/c1-17(2)34-23-8-7-18(13-19(23)15-28)26-29-25(30-35-26)21-5-4-6-22-20(21)9-10-27(22)14-24(32)31(16-27)11-12-33-3;1-16(2)33-22-7-6-17(12-18(22)14-27)25-28-24(29-34-25)20-4-3-5-21-19(20)8-9-26(21)13-23(32)30(15-26)10-11-31;1-16(2)34-21-8-7-17(13-22(21)36(3,32)33)25-27-24(28-35-25)19-5-4-6-20-18(19)9-10-26(20)14-23(31)29(15-26)11-12-30;1-15(2)32-21-7-6-16(12-20(21)26)24-27-23(28-33-24)18-4-3-5-19-17(18)8-9-25(19)13-22(31)29(14-25)10-11-30/h4-8,13,17H,9-12,14,16H2,1-3H3;3-7,12,16,31H,8-11,13,15H2,1-2H3;4-8,13,16,30H,9-12,14-15H2,1-3H3;3-7,12,15,30H,8-11,13-14H2,1-2H3. The van der Waals surface area contributed by atoms with Gasteiger partial charge < -0.3 is 76.7 Å². The Bertz CT molecular complexity index is 6850. The lowest BCUT2D eigenvalue weighted by Gasteiger charge is -2.25. The van der Waals surface area contributed by atoms with Crippen molar-refractivity contribution in [2.75, 3.05) is 92.2 Å². The molecule has 3 N–H and O–H groups in total. The number of fused-ring (bicyclic) bond motifs is 8. The van der Waals surface area contributed by atoms with Crippen LogP contribution in [0.5, 0.6) is 23.0 Å². The fourth-order valence-corrected chi connectivity index (χ4v) is 22.2. The summed E-state index contributed by atoms with van der Waals surface area (Å²) in [6.07, 6.45) is 9.74. The lowest BCUT2D eigenvalue weighted by atomic mass is 9.80. The molecule has 4 spiro atoms. The highest BCUT2D eigenvalue weighted by atomic mass is 79.9. The second-order valence-electron chi connectivity index (χ2n) is 37.7. The number of hydrogen-bond donors (Lipinski definition) is 3. The van der Waals surface area contributed by atoms with E-state index >= 15 is 0 Å². The Labute approximate surface area is 807 Å². The third-order valence-electron chi connectivity index (χ3n) is 27.0. The number of hydrogen-bond acceptors (Lipinski definition) is 28. The Morgan fingerprint density at radius 3 is 0.978 bits per heavy atom. The van der Waals surface area contributed by atoms with E-state index in [0.29, 0.717) is 165 Å². The van der Waals surface area contributed by atoms with Gasteiger partial charge in [0.15, 0.2) is 9.84 Å². The van der Waals surface area contributed by atoms with Crippen molar-refractivity contribution in [3.8, 4) is 127 Å². The van der Waals surface area contributed by atoms with E-state index in [4.69, 9.17) is 41.8 Å². The largest absolute Gasteiger partial charge is 0.490 e. The normalized spacial score (nSPS) is 19.3. The minimum Gasteiger partial charge on any atom is -0.490 e. The van der Waals surface area contributed by atoms with Crippen molar-refractivity contribution in [1.82, 2.24) is 60.2 Å². The Hall–Kier alpha value is -13.4. The number of benzene rings is 8. The summed E-state index contributed by atoms with van der Waals surface area (Å²) in [5.74, 6) is 5.84. The third kappa shape index (κ3) is 19.4. The molecule has 716 valence electrons. The summed E-state index contributed by atoms with van der Waals surface area (Å²) in [6.45, 7) is 20.0. The van der Waals surface area contributed by atoms with Crippen LogP contribution < -0.4 is 18.9 Å². The molecule has 4 fully saturated rings.